The van der Waals surface area contributed by atoms with Gasteiger partial charge in [0.1, 0.15) is 29.2 Å². The number of benzene rings is 1. The molecule has 4 heterocycles. The molecular formula is C17H12FN7O. The Morgan fingerprint density at radius 2 is 2.04 bits per heavy atom. The Morgan fingerprint density at radius 3 is 2.88 bits per heavy atom. The molecule has 0 fully saturated rings. The zero-order valence-corrected chi connectivity index (χ0v) is 13.6. The summed E-state index contributed by atoms with van der Waals surface area (Å²) < 4.78 is 23.1. The van der Waals surface area contributed by atoms with Gasteiger partial charge < -0.3 is 10.2 Å². The van der Waals surface area contributed by atoms with E-state index in [-0.39, 0.29) is 11.8 Å². The Hall–Kier alpha value is -3.75. The number of nitrogens with two attached hydrogens (primary N) is 1. The van der Waals surface area contributed by atoms with Crippen LogP contribution in [0.3, 0.4) is 0 Å². The predicted molar refractivity (Wildman–Crippen MR) is 91.8 cm³/mol. The fraction of sp³-hybridized carbons (Fsp3) is 0.0588. The van der Waals surface area contributed by atoms with Crippen LogP contribution in [0.5, 0.6) is 0 Å². The van der Waals surface area contributed by atoms with Crippen molar-refractivity contribution in [3.63, 3.8) is 0 Å². The highest BCUT2D eigenvalue weighted by atomic mass is 19.1. The summed E-state index contributed by atoms with van der Waals surface area (Å²) in [4.78, 5) is 4.44. The van der Waals surface area contributed by atoms with E-state index in [2.05, 4.69) is 20.3 Å². The molecule has 9 heteroatoms. The molecule has 0 saturated heterocycles. The maximum absolute atomic E-state index is 14.6. The monoisotopic (exact) mass is 349 g/mol. The van der Waals surface area contributed by atoms with Crippen LogP contribution in [0.15, 0.2) is 47.2 Å². The van der Waals surface area contributed by atoms with Gasteiger partial charge in [-0.1, -0.05) is 6.07 Å². The number of hydrogen-bond donors (Lipinski definition) is 1. The highest BCUT2D eigenvalue weighted by Crippen LogP contribution is 2.33. The molecule has 0 radical (unpaired) electrons. The highest BCUT2D eigenvalue weighted by Gasteiger charge is 2.22. The summed E-state index contributed by atoms with van der Waals surface area (Å²) in [7, 11) is 0. The summed E-state index contributed by atoms with van der Waals surface area (Å²) in [6.45, 7) is 1.83. The van der Waals surface area contributed by atoms with Crippen molar-refractivity contribution in [3.8, 4) is 22.6 Å². The highest BCUT2D eigenvalue weighted by molar-refractivity contribution is 5.80. The van der Waals surface area contributed by atoms with Gasteiger partial charge in [0.15, 0.2) is 5.65 Å². The van der Waals surface area contributed by atoms with Crippen LogP contribution >= 0.6 is 0 Å². The zero-order valence-electron chi connectivity index (χ0n) is 13.6. The van der Waals surface area contributed by atoms with E-state index >= 15 is 0 Å². The summed E-state index contributed by atoms with van der Waals surface area (Å²) in [5.41, 5.74) is 9.07. The lowest BCUT2D eigenvalue weighted by Gasteiger charge is -2.06. The van der Waals surface area contributed by atoms with Crippen LogP contribution in [0.2, 0.25) is 0 Å². The second-order valence-electron chi connectivity index (χ2n) is 5.89. The molecule has 0 spiro atoms. The van der Waals surface area contributed by atoms with Crippen molar-refractivity contribution < 1.29 is 8.81 Å². The molecule has 1 aromatic carbocycles. The maximum atomic E-state index is 14.6. The summed E-state index contributed by atoms with van der Waals surface area (Å²) in [5.74, 6) is 0.142. The number of rotatable bonds is 2. The van der Waals surface area contributed by atoms with Gasteiger partial charge >= 0.3 is 5.84 Å². The fourth-order valence-electron chi connectivity index (χ4n) is 2.96. The predicted octanol–water partition coefficient (Wildman–Crippen LogP) is 2.73. The van der Waals surface area contributed by atoms with Crippen LogP contribution in [0.4, 0.5) is 10.3 Å². The summed E-state index contributed by atoms with van der Waals surface area (Å²) in [6, 6.07) is 8.49. The third-order valence-electron chi connectivity index (χ3n) is 4.17. The third-order valence-corrected chi connectivity index (χ3v) is 4.17. The van der Waals surface area contributed by atoms with E-state index in [1.54, 1.807) is 28.8 Å². The van der Waals surface area contributed by atoms with Gasteiger partial charge in [-0.15, -0.1) is 10.2 Å². The Labute approximate surface area is 145 Å². The Bertz CT molecular complexity index is 1280. The van der Waals surface area contributed by atoms with Gasteiger partial charge in [0.05, 0.1) is 0 Å². The fourth-order valence-corrected chi connectivity index (χ4v) is 2.96. The van der Waals surface area contributed by atoms with E-state index in [1.165, 1.54) is 16.8 Å². The molecule has 8 nitrogen and oxygen atoms in total. The first kappa shape index (κ1) is 14.6. The third kappa shape index (κ3) is 2.00. The Balaban J connectivity index is 1.83. The largest absolute Gasteiger partial charge is 0.432 e. The normalized spacial score (nSPS) is 11.6. The number of aromatic nitrogens is 6. The first-order chi connectivity index (χ1) is 12.6. The lowest BCUT2D eigenvalue weighted by atomic mass is 10.1. The SMILES string of the molecule is Cc1ccc(-c2nc3occn3c2-c2ccc3nnc(N)n3n2)c(F)c1. The number of anilines is 1. The van der Waals surface area contributed by atoms with E-state index in [1.807, 2.05) is 13.0 Å². The van der Waals surface area contributed by atoms with Gasteiger partial charge in [-0.3, -0.25) is 4.40 Å². The molecule has 0 aliphatic carbocycles. The van der Waals surface area contributed by atoms with Crippen molar-refractivity contribution >= 4 is 17.4 Å². The quantitative estimate of drug-likeness (QED) is 0.526. The van der Waals surface area contributed by atoms with Gasteiger partial charge in [0.2, 0.25) is 5.95 Å². The molecule has 0 bridgehead atoms. The van der Waals surface area contributed by atoms with Gasteiger partial charge in [-0.2, -0.15) is 14.6 Å². The Kier molecular flexibility index (Phi) is 2.87. The average Bonchev–Trinajstić information content (AvgIpc) is 3.29. The van der Waals surface area contributed by atoms with Crippen molar-refractivity contribution in [3.05, 3.63) is 54.2 Å². The molecule has 128 valence electrons. The van der Waals surface area contributed by atoms with Crippen molar-refractivity contribution in [2.75, 3.05) is 5.73 Å². The van der Waals surface area contributed by atoms with Gasteiger partial charge in [0.25, 0.3) is 0 Å². The van der Waals surface area contributed by atoms with Crippen molar-refractivity contribution in [1.29, 1.82) is 0 Å². The van der Waals surface area contributed by atoms with Crippen LogP contribution in [-0.4, -0.2) is 29.2 Å². The lowest BCUT2D eigenvalue weighted by molar-refractivity contribution is 0.596. The summed E-state index contributed by atoms with van der Waals surface area (Å²) in [6.07, 6.45) is 3.21. The van der Waals surface area contributed by atoms with Crippen molar-refractivity contribution in [2.45, 2.75) is 6.92 Å². The number of oxazole rings is 1. The smallest absolute Gasteiger partial charge is 0.306 e. The first-order valence-electron chi connectivity index (χ1n) is 7.82. The van der Waals surface area contributed by atoms with Crippen LogP contribution in [-0.2, 0) is 0 Å². The van der Waals surface area contributed by atoms with Gasteiger partial charge in [-0.25, -0.2) is 4.39 Å². The van der Waals surface area contributed by atoms with Crippen LogP contribution in [0.1, 0.15) is 5.56 Å². The van der Waals surface area contributed by atoms with Crippen LogP contribution in [0, 0.1) is 12.7 Å². The second kappa shape index (κ2) is 5.12. The van der Waals surface area contributed by atoms with Gasteiger partial charge in [0, 0.05) is 11.8 Å². The molecule has 0 unspecified atom stereocenters. The number of imidazole rings is 1. The molecule has 5 aromatic rings. The lowest BCUT2D eigenvalue weighted by Crippen LogP contribution is -2.01. The molecule has 5 rings (SSSR count). The molecular weight excluding hydrogens is 337 g/mol. The first-order valence-corrected chi connectivity index (χ1v) is 7.82. The number of aryl methyl sites for hydroxylation is 1. The number of hydrogen-bond acceptors (Lipinski definition) is 6. The van der Waals surface area contributed by atoms with Crippen molar-refractivity contribution in [1.82, 2.24) is 29.2 Å². The second-order valence-corrected chi connectivity index (χ2v) is 5.89. The molecule has 0 aliphatic heterocycles. The number of nitrogen functional groups attached to an aromatic ring is 1. The number of fused-ring (bicyclic) bond motifs is 2. The number of halogens is 1. The topological polar surface area (TPSA) is 99.5 Å². The zero-order chi connectivity index (χ0) is 17.8. The van der Waals surface area contributed by atoms with Crippen LogP contribution in [0.25, 0.3) is 34.1 Å². The molecule has 0 amide bonds. The van der Waals surface area contributed by atoms with E-state index < -0.39 is 0 Å². The molecule has 0 aliphatic rings. The van der Waals surface area contributed by atoms with Crippen LogP contribution < -0.4 is 5.73 Å². The molecule has 0 atom stereocenters. The summed E-state index contributed by atoms with van der Waals surface area (Å²) >= 11 is 0. The Morgan fingerprint density at radius 1 is 1.15 bits per heavy atom. The van der Waals surface area contributed by atoms with E-state index in [4.69, 9.17) is 10.2 Å². The van der Waals surface area contributed by atoms with E-state index in [9.17, 15) is 4.39 Å². The summed E-state index contributed by atoms with van der Waals surface area (Å²) in [5, 5.41) is 12.2. The molecule has 2 N–H and O–H groups in total. The average molecular weight is 349 g/mol. The van der Waals surface area contributed by atoms with Gasteiger partial charge in [-0.05, 0) is 36.8 Å². The maximum Gasteiger partial charge on any atom is 0.306 e. The molecule has 4 aromatic heterocycles. The minimum absolute atomic E-state index is 0.165. The molecule has 0 saturated carbocycles. The van der Waals surface area contributed by atoms with E-state index in [0.29, 0.717) is 34.1 Å². The minimum atomic E-state index is -0.364. The van der Waals surface area contributed by atoms with E-state index in [0.717, 1.165) is 5.56 Å². The number of nitrogens with zero attached hydrogens (tertiary/aromatic N) is 6. The van der Waals surface area contributed by atoms with Crippen molar-refractivity contribution in [2.24, 2.45) is 0 Å². The standard InChI is InChI=1S/C17H12FN7O/c1-9-2-3-10(11(18)8-9)14-15(24-6-7-26-17(24)20-14)12-4-5-13-21-22-16(19)25(13)23-12/h2-8H,1H3,(H2,19,22). The molecule has 26 heavy (non-hydrogen) atoms. The minimum Gasteiger partial charge on any atom is -0.432 e.